The topological polar surface area (TPSA) is 62.7 Å². The highest BCUT2D eigenvalue weighted by Crippen LogP contribution is 2.23. The van der Waals surface area contributed by atoms with Crippen LogP contribution in [0.25, 0.3) is 0 Å². The second kappa shape index (κ2) is 6.32. The van der Waals surface area contributed by atoms with E-state index in [0.29, 0.717) is 0 Å². The third-order valence-corrected chi connectivity index (χ3v) is 3.09. The molecule has 1 atom stereocenters. The van der Waals surface area contributed by atoms with Gasteiger partial charge in [-0.25, -0.2) is 9.97 Å². The fourth-order valence-corrected chi connectivity index (χ4v) is 2.02. The normalized spacial score (nSPS) is 12.0. The Kier molecular flexibility index (Phi) is 4.50. The molecule has 0 saturated heterocycles. The number of hydrogen-bond acceptors (Lipinski definition) is 5. The first kappa shape index (κ1) is 14.2. The van der Waals surface area contributed by atoms with E-state index < -0.39 is 0 Å². The predicted octanol–water partition coefficient (Wildman–Crippen LogP) is 3.09. The molecule has 106 valence electrons. The van der Waals surface area contributed by atoms with E-state index in [-0.39, 0.29) is 6.04 Å². The van der Waals surface area contributed by atoms with Gasteiger partial charge in [0.05, 0.1) is 11.7 Å². The van der Waals surface area contributed by atoms with Crippen LogP contribution in [0, 0.1) is 13.8 Å². The Hall–Kier alpha value is -2.17. The van der Waals surface area contributed by atoms with Gasteiger partial charge in [0.25, 0.3) is 0 Å². The Morgan fingerprint density at radius 2 is 1.90 bits per heavy atom. The number of aryl methyl sites for hydroxylation is 1. The second-order valence-corrected chi connectivity index (χ2v) is 4.74. The number of hydrogen-bond donors (Lipinski definition) is 2. The quantitative estimate of drug-likeness (QED) is 0.875. The Balaban J connectivity index is 2.25. The largest absolute Gasteiger partial charge is 0.370 e. The van der Waals surface area contributed by atoms with Crippen LogP contribution in [0.15, 0.2) is 24.4 Å². The number of nitrogens with zero attached hydrogens (tertiary/aromatic N) is 3. The first-order valence-electron chi connectivity index (χ1n) is 6.88. The van der Waals surface area contributed by atoms with Gasteiger partial charge < -0.3 is 10.6 Å². The molecule has 5 nitrogen and oxygen atoms in total. The van der Waals surface area contributed by atoms with Gasteiger partial charge >= 0.3 is 0 Å². The third-order valence-electron chi connectivity index (χ3n) is 3.09. The molecule has 5 heteroatoms. The maximum Gasteiger partial charge on any atom is 0.135 e. The molecule has 0 aliphatic carbocycles. The molecule has 1 unspecified atom stereocenters. The van der Waals surface area contributed by atoms with E-state index in [9.17, 15) is 0 Å². The maximum atomic E-state index is 4.49. The molecule has 0 amide bonds. The summed E-state index contributed by atoms with van der Waals surface area (Å²) < 4.78 is 0. The molecule has 0 fully saturated rings. The summed E-state index contributed by atoms with van der Waals surface area (Å²) in [6.07, 6.45) is 1.80. The number of nitrogens with one attached hydrogen (secondary N) is 2. The first-order chi connectivity index (χ1) is 9.61. The van der Waals surface area contributed by atoms with Crippen molar-refractivity contribution < 1.29 is 0 Å². The molecule has 0 bridgehead atoms. The molecule has 2 N–H and O–H groups in total. The summed E-state index contributed by atoms with van der Waals surface area (Å²) in [6, 6.07) is 6.01. The van der Waals surface area contributed by atoms with E-state index in [1.165, 1.54) is 0 Å². The second-order valence-electron chi connectivity index (χ2n) is 4.74. The minimum Gasteiger partial charge on any atom is -0.370 e. The van der Waals surface area contributed by atoms with Crippen molar-refractivity contribution in [3.8, 4) is 0 Å². The molecule has 0 saturated carbocycles. The smallest absolute Gasteiger partial charge is 0.135 e. The number of aromatic nitrogens is 3. The lowest BCUT2D eigenvalue weighted by atomic mass is 10.2. The molecule has 2 aromatic heterocycles. The van der Waals surface area contributed by atoms with Crippen LogP contribution in [-0.2, 0) is 0 Å². The zero-order valence-electron chi connectivity index (χ0n) is 12.4. The predicted molar refractivity (Wildman–Crippen MR) is 81.9 cm³/mol. The van der Waals surface area contributed by atoms with Crippen molar-refractivity contribution in [3.63, 3.8) is 0 Å². The average molecular weight is 271 g/mol. The summed E-state index contributed by atoms with van der Waals surface area (Å²) >= 11 is 0. The molecule has 0 aliphatic heterocycles. The Morgan fingerprint density at radius 1 is 1.15 bits per heavy atom. The van der Waals surface area contributed by atoms with Crippen LogP contribution in [0.4, 0.5) is 11.6 Å². The molecule has 0 aromatic carbocycles. The van der Waals surface area contributed by atoms with Crippen molar-refractivity contribution in [2.45, 2.75) is 33.7 Å². The van der Waals surface area contributed by atoms with Gasteiger partial charge in [-0.3, -0.25) is 4.98 Å². The fraction of sp³-hybridized carbons (Fsp3) is 0.400. The molecule has 20 heavy (non-hydrogen) atoms. The van der Waals surface area contributed by atoms with Gasteiger partial charge in [-0.15, -0.1) is 0 Å². The maximum absolute atomic E-state index is 4.49. The Morgan fingerprint density at radius 3 is 2.55 bits per heavy atom. The van der Waals surface area contributed by atoms with E-state index in [2.05, 4.69) is 39.4 Å². The van der Waals surface area contributed by atoms with Gasteiger partial charge in [0.15, 0.2) is 0 Å². The molecule has 2 aromatic rings. The number of rotatable bonds is 5. The van der Waals surface area contributed by atoms with Gasteiger partial charge in [-0.05, 0) is 39.8 Å². The van der Waals surface area contributed by atoms with Crippen molar-refractivity contribution in [1.29, 1.82) is 0 Å². The zero-order chi connectivity index (χ0) is 14.5. The van der Waals surface area contributed by atoms with Crippen LogP contribution in [0.1, 0.15) is 37.0 Å². The third kappa shape index (κ3) is 3.23. The Bertz CT molecular complexity index is 568. The summed E-state index contributed by atoms with van der Waals surface area (Å²) in [4.78, 5) is 13.3. The van der Waals surface area contributed by atoms with Crippen molar-refractivity contribution in [3.05, 3.63) is 41.5 Å². The lowest BCUT2D eigenvalue weighted by Crippen LogP contribution is -2.13. The minimum atomic E-state index is 0.0960. The van der Waals surface area contributed by atoms with E-state index in [1.807, 2.05) is 32.0 Å². The minimum absolute atomic E-state index is 0.0960. The highest BCUT2D eigenvalue weighted by molar-refractivity contribution is 5.57. The van der Waals surface area contributed by atoms with Gasteiger partial charge in [-0.2, -0.15) is 0 Å². The zero-order valence-corrected chi connectivity index (χ0v) is 12.4. The van der Waals surface area contributed by atoms with Crippen molar-refractivity contribution in [2.75, 3.05) is 17.2 Å². The van der Waals surface area contributed by atoms with Gasteiger partial charge in [0.2, 0.25) is 0 Å². The molecular weight excluding hydrogens is 250 g/mol. The summed E-state index contributed by atoms with van der Waals surface area (Å²) in [6.45, 7) is 8.89. The summed E-state index contributed by atoms with van der Waals surface area (Å²) in [5.41, 5.74) is 2.02. The molecule has 2 rings (SSSR count). The highest BCUT2D eigenvalue weighted by atomic mass is 15.1. The summed E-state index contributed by atoms with van der Waals surface area (Å²) in [5.74, 6) is 2.49. The standard InChI is InChI=1S/C15H21N5/c1-5-16-14-10(2)15(20-12(4)19-14)18-11(3)13-8-6-7-9-17-13/h6-9,11H,5H2,1-4H3,(H2,16,18,19,20). The highest BCUT2D eigenvalue weighted by Gasteiger charge is 2.12. The molecule has 0 aliphatic rings. The van der Waals surface area contributed by atoms with Crippen LogP contribution in [0.5, 0.6) is 0 Å². The summed E-state index contributed by atoms with van der Waals surface area (Å²) in [5, 5.41) is 6.68. The SMILES string of the molecule is CCNc1nc(C)nc(NC(C)c2ccccn2)c1C. The first-order valence-corrected chi connectivity index (χ1v) is 6.88. The summed E-state index contributed by atoms with van der Waals surface area (Å²) in [7, 11) is 0. The monoisotopic (exact) mass is 271 g/mol. The number of anilines is 2. The van der Waals surface area contributed by atoms with E-state index in [1.54, 1.807) is 6.20 Å². The van der Waals surface area contributed by atoms with Crippen LogP contribution in [0.3, 0.4) is 0 Å². The molecule has 0 radical (unpaired) electrons. The van der Waals surface area contributed by atoms with E-state index >= 15 is 0 Å². The Labute approximate surface area is 119 Å². The van der Waals surface area contributed by atoms with Crippen molar-refractivity contribution in [2.24, 2.45) is 0 Å². The van der Waals surface area contributed by atoms with Crippen LogP contribution >= 0.6 is 0 Å². The van der Waals surface area contributed by atoms with Crippen molar-refractivity contribution in [1.82, 2.24) is 15.0 Å². The molecule has 0 spiro atoms. The fourth-order valence-electron chi connectivity index (χ4n) is 2.02. The molecular formula is C15H21N5. The van der Waals surface area contributed by atoms with Crippen LogP contribution in [0.2, 0.25) is 0 Å². The van der Waals surface area contributed by atoms with Crippen LogP contribution in [-0.4, -0.2) is 21.5 Å². The lowest BCUT2D eigenvalue weighted by molar-refractivity contribution is 0.824. The van der Waals surface area contributed by atoms with E-state index in [4.69, 9.17) is 0 Å². The average Bonchev–Trinajstić information content (AvgIpc) is 2.45. The lowest BCUT2D eigenvalue weighted by Gasteiger charge is -2.18. The number of pyridine rings is 1. The van der Waals surface area contributed by atoms with Gasteiger partial charge in [-0.1, -0.05) is 6.07 Å². The van der Waals surface area contributed by atoms with Crippen molar-refractivity contribution >= 4 is 11.6 Å². The van der Waals surface area contributed by atoms with E-state index in [0.717, 1.165) is 35.3 Å². The van der Waals surface area contributed by atoms with Gasteiger partial charge in [0.1, 0.15) is 17.5 Å². The van der Waals surface area contributed by atoms with Crippen LogP contribution < -0.4 is 10.6 Å². The molecule has 2 heterocycles. The van der Waals surface area contributed by atoms with Gasteiger partial charge in [0, 0.05) is 18.3 Å².